The van der Waals surface area contributed by atoms with E-state index in [4.69, 9.17) is 14.2 Å². The fourth-order valence-electron chi connectivity index (χ4n) is 3.37. The summed E-state index contributed by atoms with van der Waals surface area (Å²) in [5.41, 5.74) is 1.90. The summed E-state index contributed by atoms with van der Waals surface area (Å²) in [5.74, 6) is 1.58. The van der Waals surface area contributed by atoms with Crippen molar-refractivity contribution < 1.29 is 32.7 Å². The maximum Gasteiger partial charge on any atom is 0.416 e. The first kappa shape index (κ1) is 23.5. The number of methoxy groups -OCH3 is 2. The first-order valence-corrected chi connectivity index (χ1v) is 10.2. The van der Waals surface area contributed by atoms with Gasteiger partial charge in [-0.25, -0.2) is 0 Å². The zero-order chi connectivity index (χ0) is 23.1. The van der Waals surface area contributed by atoms with E-state index in [-0.39, 0.29) is 6.04 Å². The number of hydrogen-bond donors (Lipinski definition) is 1. The molecular weight excluding hydrogens is 419 g/mol. The number of halogens is 3. The lowest BCUT2D eigenvalue weighted by Gasteiger charge is -2.17. The summed E-state index contributed by atoms with van der Waals surface area (Å²) < 4.78 is 56.0. The Bertz CT molecular complexity index is 997. The van der Waals surface area contributed by atoms with Gasteiger partial charge in [-0.2, -0.15) is 13.2 Å². The van der Waals surface area contributed by atoms with Gasteiger partial charge in [0.2, 0.25) is 5.75 Å². The Morgan fingerprint density at radius 2 is 1.50 bits per heavy atom. The standard InChI is InChI=1S/C25H26F3NO3/c1-17(20-10-7-11-21(14-20)25(26,27)28)29-15-19-12-22(30-2)24(23(13-19)31-3)32-16-18-8-5-4-6-9-18/h4-14,17,29H,15-16H2,1-3H3/p+1. The van der Waals surface area contributed by atoms with E-state index in [9.17, 15) is 13.2 Å². The lowest BCUT2D eigenvalue weighted by atomic mass is 10.0. The minimum atomic E-state index is -4.36. The fourth-order valence-corrected chi connectivity index (χ4v) is 3.37. The van der Waals surface area contributed by atoms with Crippen molar-refractivity contribution in [1.29, 1.82) is 0 Å². The van der Waals surface area contributed by atoms with Gasteiger partial charge in [0.1, 0.15) is 19.2 Å². The van der Waals surface area contributed by atoms with Crippen molar-refractivity contribution in [2.45, 2.75) is 32.3 Å². The van der Waals surface area contributed by atoms with E-state index in [1.165, 1.54) is 12.1 Å². The van der Waals surface area contributed by atoms with Crippen molar-refractivity contribution >= 4 is 0 Å². The minimum absolute atomic E-state index is 0.164. The van der Waals surface area contributed by atoms with Crippen LogP contribution in [0.25, 0.3) is 0 Å². The van der Waals surface area contributed by atoms with E-state index in [1.54, 1.807) is 20.3 Å². The molecule has 32 heavy (non-hydrogen) atoms. The smallest absolute Gasteiger partial charge is 0.416 e. The molecular formula is C25H27F3NO3+. The number of ether oxygens (including phenoxy) is 3. The van der Waals surface area contributed by atoms with Crippen LogP contribution in [0.4, 0.5) is 13.2 Å². The van der Waals surface area contributed by atoms with Crippen molar-refractivity contribution in [2.75, 3.05) is 14.2 Å². The maximum atomic E-state index is 13.0. The summed E-state index contributed by atoms with van der Waals surface area (Å²) in [4.78, 5) is 0. The second kappa shape index (κ2) is 10.4. The van der Waals surface area contributed by atoms with E-state index in [2.05, 4.69) is 0 Å². The molecule has 3 rings (SSSR count). The summed E-state index contributed by atoms with van der Waals surface area (Å²) in [6, 6.07) is 18.7. The number of alkyl halides is 3. The summed E-state index contributed by atoms with van der Waals surface area (Å²) in [5, 5.41) is 1.97. The van der Waals surface area contributed by atoms with Gasteiger partial charge in [-0.05, 0) is 36.8 Å². The lowest BCUT2D eigenvalue weighted by molar-refractivity contribution is -0.708. The first-order valence-electron chi connectivity index (χ1n) is 10.2. The van der Waals surface area contributed by atoms with Gasteiger partial charge in [0, 0.05) is 11.1 Å². The molecule has 4 nitrogen and oxygen atoms in total. The van der Waals surface area contributed by atoms with E-state index in [1.807, 2.05) is 54.7 Å². The molecule has 0 amide bonds. The second-order valence-electron chi connectivity index (χ2n) is 7.46. The van der Waals surface area contributed by atoms with Crippen LogP contribution >= 0.6 is 0 Å². The van der Waals surface area contributed by atoms with Crippen LogP contribution in [0.5, 0.6) is 17.2 Å². The third-order valence-electron chi connectivity index (χ3n) is 5.19. The number of benzene rings is 3. The molecule has 7 heteroatoms. The van der Waals surface area contributed by atoms with Crippen molar-refractivity contribution in [3.05, 3.63) is 89.0 Å². The molecule has 0 radical (unpaired) electrons. The molecule has 3 aromatic carbocycles. The van der Waals surface area contributed by atoms with Gasteiger partial charge in [-0.1, -0.05) is 42.5 Å². The normalized spacial score (nSPS) is 12.3. The molecule has 0 aliphatic heterocycles. The molecule has 0 saturated heterocycles. The van der Waals surface area contributed by atoms with Gasteiger partial charge in [0.25, 0.3) is 0 Å². The summed E-state index contributed by atoms with van der Waals surface area (Å²) in [6.07, 6.45) is -4.36. The van der Waals surface area contributed by atoms with Crippen LogP contribution < -0.4 is 19.5 Å². The molecule has 170 valence electrons. The van der Waals surface area contributed by atoms with Crippen LogP contribution in [0.1, 0.15) is 35.2 Å². The first-order chi connectivity index (χ1) is 15.3. The topological polar surface area (TPSA) is 44.3 Å². The average molecular weight is 446 g/mol. The highest BCUT2D eigenvalue weighted by molar-refractivity contribution is 5.53. The van der Waals surface area contributed by atoms with E-state index >= 15 is 0 Å². The van der Waals surface area contributed by atoms with Crippen LogP contribution in [0.15, 0.2) is 66.7 Å². The van der Waals surface area contributed by atoms with Crippen LogP contribution in [0.3, 0.4) is 0 Å². The summed E-state index contributed by atoms with van der Waals surface area (Å²) >= 11 is 0. The third kappa shape index (κ3) is 5.95. The SMILES string of the molecule is COc1cc(C[NH2+]C(C)c2cccc(C(F)(F)F)c2)cc(OC)c1OCc1ccccc1. The molecule has 0 spiro atoms. The minimum Gasteiger partial charge on any atom is -0.493 e. The monoisotopic (exact) mass is 446 g/mol. The molecule has 3 aromatic rings. The molecule has 0 fully saturated rings. The number of nitrogens with two attached hydrogens (primary N) is 1. The summed E-state index contributed by atoms with van der Waals surface area (Å²) in [6.45, 7) is 2.77. The Hall–Kier alpha value is -3.19. The molecule has 0 aromatic heterocycles. The molecule has 0 bridgehead atoms. The van der Waals surface area contributed by atoms with Crippen molar-refractivity contribution in [1.82, 2.24) is 0 Å². The van der Waals surface area contributed by atoms with Gasteiger partial charge in [0.15, 0.2) is 11.5 Å². The Balaban J connectivity index is 1.73. The molecule has 1 unspecified atom stereocenters. The van der Waals surface area contributed by atoms with Gasteiger partial charge in [0.05, 0.1) is 19.8 Å². The molecule has 2 N–H and O–H groups in total. The molecule has 0 aliphatic carbocycles. The zero-order valence-corrected chi connectivity index (χ0v) is 18.3. The van der Waals surface area contributed by atoms with Crippen molar-refractivity contribution in [3.63, 3.8) is 0 Å². The van der Waals surface area contributed by atoms with Crippen LogP contribution in [-0.2, 0) is 19.3 Å². The Kier molecular flexibility index (Phi) is 7.64. The van der Waals surface area contributed by atoms with Gasteiger partial charge < -0.3 is 19.5 Å². The summed E-state index contributed by atoms with van der Waals surface area (Å²) in [7, 11) is 3.12. The lowest BCUT2D eigenvalue weighted by Crippen LogP contribution is -2.83. The quantitative estimate of drug-likeness (QED) is 0.496. The Labute approximate surface area is 185 Å². The number of hydrogen-bond acceptors (Lipinski definition) is 3. The zero-order valence-electron chi connectivity index (χ0n) is 18.3. The highest BCUT2D eigenvalue weighted by Gasteiger charge is 2.31. The highest BCUT2D eigenvalue weighted by Crippen LogP contribution is 2.39. The van der Waals surface area contributed by atoms with Crippen molar-refractivity contribution in [2.24, 2.45) is 0 Å². The van der Waals surface area contributed by atoms with E-state index < -0.39 is 11.7 Å². The number of quaternary nitrogens is 1. The maximum absolute atomic E-state index is 13.0. The van der Waals surface area contributed by atoms with Crippen molar-refractivity contribution in [3.8, 4) is 17.2 Å². The molecule has 0 heterocycles. The van der Waals surface area contributed by atoms with E-state index in [0.717, 1.165) is 17.2 Å². The van der Waals surface area contributed by atoms with Gasteiger partial charge in [-0.15, -0.1) is 0 Å². The van der Waals surface area contributed by atoms with Crippen LogP contribution in [0.2, 0.25) is 0 Å². The predicted octanol–water partition coefficient (Wildman–Crippen LogP) is 5.13. The second-order valence-corrected chi connectivity index (χ2v) is 7.46. The van der Waals surface area contributed by atoms with Gasteiger partial charge >= 0.3 is 6.18 Å². The van der Waals surface area contributed by atoms with Crippen LogP contribution in [-0.4, -0.2) is 14.2 Å². The fraction of sp³-hybridized carbons (Fsp3) is 0.280. The van der Waals surface area contributed by atoms with Crippen LogP contribution in [0, 0.1) is 0 Å². The average Bonchev–Trinajstić information content (AvgIpc) is 2.81. The Morgan fingerprint density at radius 3 is 2.09 bits per heavy atom. The number of rotatable bonds is 9. The molecule has 1 atom stereocenters. The molecule has 0 saturated carbocycles. The highest BCUT2D eigenvalue weighted by atomic mass is 19.4. The van der Waals surface area contributed by atoms with E-state index in [0.29, 0.717) is 36.0 Å². The largest absolute Gasteiger partial charge is 0.493 e. The van der Waals surface area contributed by atoms with Gasteiger partial charge in [-0.3, -0.25) is 0 Å². The third-order valence-corrected chi connectivity index (χ3v) is 5.19. The molecule has 0 aliphatic rings. The Morgan fingerprint density at radius 1 is 0.844 bits per heavy atom. The predicted molar refractivity (Wildman–Crippen MR) is 116 cm³/mol.